The lowest BCUT2D eigenvalue weighted by atomic mass is 10.1. The third-order valence-corrected chi connectivity index (χ3v) is 7.56. The number of carbonyl (C=O) groups excluding carboxylic acids is 3. The van der Waals surface area contributed by atoms with Gasteiger partial charge in [0.1, 0.15) is 5.82 Å². The molecular weight excluding hydrogens is 658 g/mol. The van der Waals surface area contributed by atoms with E-state index in [1.54, 1.807) is 24.3 Å². The minimum absolute atomic E-state index is 0.0692. The molecule has 3 aromatic rings. The van der Waals surface area contributed by atoms with Crippen LogP contribution in [-0.2, 0) is 16.1 Å². The van der Waals surface area contributed by atoms with E-state index in [2.05, 4.69) is 27.9 Å². The van der Waals surface area contributed by atoms with Gasteiger partial charge >= 0.3 is 0 Å². The fourth-order valence-corrected chi connectivity index (χ4v) is 5.59. The standard InChI is InChI=1S/C28H23ClFIN2O5S/c1-3-37-23-11-17(10-22(31)26(23)38-15-25(34)32-20-6-4-5-16(2)9-20)12-24-27(35)33(28(36)39-24)14-18-7-8-19(30)13-21(18)29/h4-13H,3,14-15H2,1-2H3,(H,32,34)/b24-12-. The fourth-order valence-electron chi connectivity index (χ4n) is 3.74. The normalized spacial score (nSPS) is 14.2. The Morgan fingerprint density at radius 2 is 1.95 bits per heavy atom. The molecule has 1 saturated heterocycles. The molecule has 202 valence electrons. The Labute approximate surface area is 247 Å². The van der Waals surface area contributed by atoms with Gasteiger partial charge in [0.15, 0.2) is 18.1 Å². The average molecular weight is 681 g/mol. The van der Waals surface area contributed by atoms with E-state index in [9.17, 15) is 18.8 Å². The van der Waals surface area contributed by atoms with E-state index in [0.29, 0.717) is 38.5 Å². The third kappa shape index (κ3) is 7.31. The van der Waals surface area contributed by atoms with E-state index >= 15 is 0 Å². The molecule has 3 aromatic carbocycles. The van der Waals surface area contributed by atoms with Crippen LogP contribution in [0.15, 0.2) is 59.5 Å². The lowest BCUT2D eigenvalue weighted by Gasteiger charge is -2.15. The van der Waals surface area contributed by atoms with Gasteiger partial charge in [-0.15, -0.1) is 0 Å². The summed E-state index contributed by atoms with van der Waals surface area (Å²) in [5.74, 6) is -0.509. The van der Waals surface area contributed by atoms with E-state index in [0.717, 1.165) is 28.3 Å². The topological polar surface area (TPSA) is 84.9 Å². The Morgan fingerprint density at radius 1 is 1.15 bits per heavy atom. The van der Waals surface area contributed by atoms with Crippen molar-refractivity contribution >= 4 is 74.8 Å². The van der Waals surface area contributed by atoms with Gasteiger partial charge in [0.05, 0.1) is 21.6 Å². The Bertz CT molecular complexity index is 1480. The van der Waals surface area contributed by atoms with Crippen molar-refractivity contribution in [2.75, 3.05) is 18.5 Å². The number of hydrogen-bond acceptors (Lipinski definition) is 6. The lowest BCUT2D eigenvalue weighted by molar-refractivity contribution is -0.123. The molecule has 3 amide bonds. The number of benzene rings is 3. The Kier molecular flexibility index (Phi) is 9.52. The van der Waals surface area contributed by atoms with E-state index in [1.807, 2.05) is 32.0 Å². The van der Waals surface area contributed by atoms with Crippen LogP contribution in [0.5, 0.6) is 11.5 Å². The summed E-state index contributed by atoms with van der Waals surface area (Å²) in [6.07, 6.45) is 1.59. The first kappa shape index (κ1) is 28.9. The van der Waals surface area contributed by atoms with Crippen LogP contribution >= 0.6 is 46.0 Å². The summed E-state index contributed by atoms with van der Waals surface area (Å²) in [6.45, 7) is 3.81. The summed E-state index contributed by atoms with van der Waals surface area (Å²) >= 11 is 8.95. The summed E-state index contributed by atoms with van der Waals surface area (Å²) in [7, 11) is 0. The fraction of sp³-hybridized carbons (Fsp3) is 0.179. The van der Waals surface area contributed by atoms with Crippen molar-refractivity contribution in [1.82, 2.24) is 4.90 Å². The van der Waals surface area contributed by atoms with Gasteiger partial charge in [-0.25, -0.2) is 4.39 Å². The van der Waals surface area contributed by atoms with E-state index < -0.39 is 17.0 Å². The summed E-state index contributed by atoms with van der Waals surface area (Å²) in [6, 6.07) is 14.7. The highest BCUT2D eigenvalue weighted by atomic mass is 127. The monoisotopic (exact) mass is 680 g/mol. The molecule has 0 bridgehead atoms. The van der Waals surface area contributed by atoms with Gasteiger partial charge in [-0.2, -0.15) is 0 Å². The van der Waals surface area contributed by atoms with Gasteiger partial charge in [0.25, 0.3) is 17.1 Å². The number of amides is 3. The molecule has 0 spiro atoms. The minimum Gasteiger partial charge on any atom is -0.490 e. The quantitative estimate of drug-likeness (QED) is 0.193. The Hall–Kier alpha value is -3.09. The maximum absolute atomic E-state index is 13.4. The van der Waals surface area contributed by atoms with Gasteiger partial charge in [0, 0.05) is 10.7 Å². The van der Waals surface area contributed by atoms with E-state index in [1.165, 1.54) is 12.1 Å². The molecule has 1 aliphatic heterocycles. The number of aryl methyl sites for hydroxylation is 1. The minimum atomic E-state index is -0.503. The van der Waals surface area contributed by atoms with Crippen LogP contribution in [0.2, 0.25) is 5.02 Å². The van der Waals surface area contributed by atoms with Crippen LogP contribution in [0.1, 0.15) is 23.6 Å². The van der Waals surface area contributed by atoms with Crippen LogP contribution in [0.3, 0.4) is 0 Å². The van der Waals surface area contributed by atoms with Crippen LogP contribution < -0.4 is 14.8 Å². The second-order valence-electron chi connectivity index (χ2n) is 8.47. The number of rotatable bonds is 9. The number of halogens is 3. The highest BCUT2D eigenvalue weighted by molar-refractivity contribution is 14.1. The molecule has 11 heteroatoms. The van der Waals surface area contributed by atoms with Crippen molar-refractivity contribution in [3.63, 3.8) is 0 Å². The van der Waals surface area contributed by atoms with Crippen LogP contribution in [0.25, 0.3) is 6.08 Å². The number of imide groups is 1. The van der Waals surface area contributed by atoms with E-state index in [-0.39, 0.29) is 29.0 Å². The largest absolute Gasteiger partial charge is 0.490 e. The first-order chi connectivity index (χ1) is 18.6. The Balaban J connectivity index is 1.50. The van der Waals surface area contributed by atoms with Crippen molar-refractivity contribution in [2.45, 2.75) is 20.4 Å². The number of thioether (sulfide) groups is 1. The number of nitrogens with one attached hydrogen (secondary N) is 1. The van der Waals surface area contributed by atoms with Gasteiger partial charge in [-0.05, 0) is 107 Å². The Morgan fingerprint density at radius 3 is 2.67 bits per heavy atom. The molecule has 39 heavy (non-hydrogen) atoms. The van der Waals surface area contributed by atoms with Gasteiger partial charge in [-0.1, -0.05) is 29.8 Å². The zero-order valence-corrected chi connectivity index (χ0v) is 24.7. The predicted octanol–water partition coefficient (Wildman–Crippen LogP) is 7.04. The van der Waals surface area contributed by atoms with Crippen LogP contribution in [0.4, 0.5) is 14.9 Å². The molecule has 0 unspecified atom stereocenters. The van der Waals surface area contributed by atoms with Crippen LogP contribution in [-0.4, -0.2) is 35.2 Å². The highest BCUT2D eigenvalue weighted by Crippen LogP contribution is 2.38. The SMILES string of the molecule is CCOc1cc(/C=C2\SC(=O)N(Cc3ccc(F)cc3Cl)C2=O)cc(I)c1OCC(=O)Nc1cccc(C)c1. The van der Waals surface area contributed by atoms with Crippen molar-refractivity contribution < 1.29 is 28.2 Å². The number of anilines is 1. The average Bonchev–Trinajstić information content (AvgIpc) is 3.12. The molecule has 1 fully saturated rings. The molecule has 0 atom stereocenters. The lowest BCUT2D eigenvalue weighted by Crippen LogP contribution is -2.27. The molecule has 0 saturated carbocycles. The third-order valence-electron chi connectivity index (χ3n) is 5.50. The van der Waals surface area contributed by atoms with Crippen LogP contribution in [0, 0.1) is 16.3 Å². The summed E-state index contributed by atoms with van der Waals surface area (Å²) in [4.78, 5) is 39.3. The zero-order chi connectivity index (χ0) is 28.1. The molecular formula is C28H23ClFIN2O5S. The van der Waals surface area contributed by atoms with Crippen molar-refractivity contribution in [1.29, 1.82) is 0 Å². The first-order valence-corrected chi connectivity index (χ1v) is 14.1. The summed E-state index contributed by atoms with van der Waals surface area (Å²) < 4.78 is 25.6. The predicted molar refractivity (Wildman–Crippen MR) is 159 cm³/mol. The molecule has 4 rings (SSSR count). The van der Waals surface area contributed by atoms with Gasteiger partial charge in [0.2, 0.25) is 0 Å². The second-order valence-corrected chi connectivity index (χ2v) is 11.0. The summed E-state index contributed by atoms with van der Waals surface area (Å²) in [5.41, 5.74) is 2.77. The van der Waals surface area contributed by atoms with Crippen molar-refractivity contribution in [2.24, 2.45) is 0 Å². The molecule has 7 nitrogen and oxygen atoms in total. The molecule has 1 heterocycles. The van der Waals surface area contributed by atoms with Gasteiger partial charge < -0.3 is 14.8 Å². The van der Waals surface area contributed by atoms with Crippen molar-refractivity contribution in [3.05, 3.63) is 90.6 Å². The summed E-state index contributed by atoms with van der Waals surface area (Å²) in [5, 5.41) is 2.48. The number of carbonyl (C=O) groups is 3. The maximum atomic E-state index is 13.4. The number of ether oxygens (including phenoxy) is 2. The molecule has 1 N–H and O–H groups in total. The first-order valence-electron chi connectivity index (χ1n) is 11.8. The van der Waals surface area contributed by atoms with Crippen molar-refractivity contribution in [3.8, 4) is 11.5 Å². The zero-order valence-electron chi connectivity index (χ0n) is 20.9. The molecule has 0 radical (unpaired) electrons. The highest BCUT2D eigenvalue weighted by Gasteiger charge is 2.35. The molecule has 1 aliphatic rings. The smallest absolute Gasteiger partial charge is 0.293 e. The second kappa shape index (κ2) is 12.8. The molecule has 0 aliphatic carbocycles. The van der Waals surface area contributed by atoms with Gasteiger partial charge in [-0.3, -0.25) is 19.3 Å². The number of nitrogens with zero attached hydrogens (tertiary/aromatic N) is 1. The van der Waals surface area contributed by atoms with E-state index in [4.69, 9.17) is 21.1 Å². The maximum Gasteiger partial charge on any atom is 0.293 e. The number of hydrogen-bond donors (Lipinski definition) is 1. The molecule has 0 aromatic heterocycles.